The van der Waals surface area contributed by atoms with E-state index in [2.05, 4.69) is 11.9 Å². The fraction of sp³-hybridized carbons (Fsp3) is 0.600. The first-order chi connectivity index (χ1) is 7.05. The molecule has 1 N–H and O–H groups in total. The standard InChI is InChI=1S/C10H16N2O3/c1-4-10(3)8(13)12(9(14)11-10)6-7-15-5-2/h5H,2,4,6-7H2,1,3H3,(H,11,14). The third-order valence-electron chi connectivity index (χ3n) is 2.60. The molecule has 1 aliphatic heterocycles. The third-order valence-corrected chi connectivity index (χ3v) is 2.60. The lowest BCUT2D eigenvalue weighted by Gasteiger charge is -2.19. The smallest absolute Gasteiger partial charge is 0.325 e. The molecule has 1 fully saturated rings. The Hall–Kier alpha value is -1.52. The van der Waals surface area contributed by atoms with Crippen LogP contribution >= 0.6 is 0 Å². The topological polar surface area (TPSA) is 58.6 Å². The number of hydrogen-bond acceptors (Lipinski definition) is 3. The summed E-state index contributed by atoms with van der Waals surface area (Å²) in [4.78, 5) is 24.5. The van der Waals surface area contributed by atoms with Crippen LogP contribution in [-0.2, 0) is 9.53 Å². The molecule has 1 heterocycles. The molecule has 5 heteroatoms. The van der Waals surface area contributed by atoms with Crippen LogP contribution in [0.2, 0.25) is 0 Å². The van der Waals surface area contributed by atoms with E-state index >= 15 is 0 Å². The minimum atomic E-state index is -0.759. The highest BCUT2D eigenvalue weighted by molar-refractivity contribution is 6.06. The Kier molecular flexibility index (Phi) is 3.34. The first-order valence-corrected chi connectivity index (χ1v) is 4.91. The molecule has 15 heavy (non-hydrogen) atoms. The van der Waals surface area contributed by atoms with E-state index < -0.39 is 5.54 Å². The maximum absolute atomic E-state index is 11.8. The second-order valence-electron chi connectivity index (χ2n) is 3.61. The van der Waals surface area contributed by atoms with Crippen molar-refractivity contribution < 1.29 is 14.3 Å². The average molecular weight is 212 g/mol. The number of urea groups is 1. The number of imide groups is 1. The van der Waals surface area contributed by atoms with Gasteiger partial charge in [0.25, 0.3) is 5.91 Å². The van der Waals surface area contributed by atoms with Crippen molar-refractivity contribution in [3.8, 4) is 0 Å². The van der Waals surface area contributed by atoms with E-state index in [0.717, 1.165) is 0 Å². The van der Waals surface area contributed by atoms with Gasteiger partial charge in [-0.15, -0.1) is 0 Å². The summed E-state index contributed by atoms with van der Waals surface area (Å²) in [6.45, 7) is 7.50. The van der Waals surface area contributed by atoms with Crippen LogP contribution in [0.15, 0.2) is 12.8 Å². The van der Waals surface area contributed by atoms with Crippen molar-refractivity contribution in [3.05, 3.63) is 12.8 Å². The maximum Gasteiger partial charge on any atom is 0.325 e. The van der Waals surface area contributed by atoms with E-state index in [9.17, 15) is 9.59 Å². The van der Waals surface area contributed by atoms with Gasteiger partial charge in [-0.05, 0) is 13.3 Å². The Labute approximate surface area is 89.1 Å². The van der Waals surface area contributed by atoms with Crippen LogP contribution in [0.3, 0.4) is 0 Å². The van der Waals surface area contributed by atoms with Gasteiger partial charge >= 0.3 is 6.03 Å². The van der Waals surface area contributed by atoms with E-state index in [4.69, 9.17) is 4.74 Å². The van der Waals surface area contributed by atoms with Crippen molar-refractivity contribution in [2.45, 2.75) is 25.8 Å². The number of carbonyl (C=O) groups is 2. The van der Waals surface area contributed by atoms with Crippen LogP contribution in [0.25, 0.3) is 0 Å². The van der Waals surface area contributed by atoms with Crippen LogP contribution in [0, 0.1) is 0 Å². The summed E-state index contributed by atoms with van der Waals surface area (Å²) in [6.07, 6.45) is 1.87. The Balaban J connectivity index is 2.63. The van der Waals surface area contributed by atoms with Gasteiger partial charge in [0.2, 0.25) is 0 Å². The van der Waals surface area contributed by atoms with Gasteiger partial charge in [0, 0.05) is 0 Å². The lowest BCUT2D eigenvalue weighted by Crippen LogP contribution is -2.43. The van der Waals surface area contributed by atoms with Crippen LogP contribution < -0.4 is 5.32 Å². The van der Waals surface area contributed by atoms with E-state index in [1.165, 1.54) is 11.2 Å². The predicted molar refractivity (Wildman–Crippen MR) is 55.1 cm³/mol. The summed E-state index contributed by atoms with van der Waals surface area (Å²) in [5.41, 5.74) is -0.759. The summed E-state index contributed by atoms with van der Waals surface area (Å²) in [5.74, 6) is -0.192. The van der Waals surface area contributed by atoms with Crippen molar-refractivity contribution in [3.63, 3.8) is 0 Å². The number of amides is 3. The Morgan fingerprint density at radius 1 is 1.60 bits per heavy atom. The lowest BCUT2D eigenvalue weighted by molar-refractivity contribution is -0.131. The Morgan fingerprint density at radius 3 is 2.73 bits per heavy atom. The maximum atomic E-state index is 11.8. The molecule has 0 radical (unpaired) electrons. The normalized spacial score (nSPS) is 25.3. The fourth-order valence-electron chi connectivity index (χ4n) is 1.42. The Bertz CT molecular complexity index is 290. The number of ether oxygens (including phenoxy) is 1. The van der Waals surface area contributed by atoms with Gasteiger partial charge in [-0.2, -0.15) is 0 Å². The molecule has 0 aromatic carbocycles. The van der Waals surface area contributed by atoms with E-state index in [-0.39, 0.29) is 25.1 Å². The molecule has 0 bridgehead atoms. The van der Waals surface area contributed by atoms with Crippen molar-refractivity contribution in [1.29, 1.82) is 0 Å². The van der Waals surface area contributed by atoms with Gasteiger partial charge in [-0.1, -0.05) is 13.5 Å². The van der Waals surface area contributed by atoms with Crippen molar-refractivity contribution >= 4 is 11.9 Å². The van der Waals surface area contributed by atoms with Crippen LogP contribution in [0.4, 0.5) is 4.79 Å². The summed E-state index contributed by atoms with van der Waals surface area (Å²) < 4.78 is 4.88. The van der Waals surface area contributed by atoms with E-state index in [0.29, 0.717) is 6.42 Å². The molecular weight excluding hydrogens is 196 g/mol. The molecule has 1 aliphatic rings. The highest BCUT2D eigenvalue weighted by Gasteiger charge is 2.46. The van der Waals surface area contributed by atoms with Crippen LogP contribution in [-0.4, -0.2) is 35.5 Å². The van der Waals surface area contributed by atoms with Crippen molar-refractivity contribution in [1.82, 2.24) is 10.2 Å². The summed E-state index contributed by atoms with van der Waals surface area (Å²) >= 11 is 0. The lowest BCUT2D eigenvalue weighted by atomic mass is 9.99. The molecule has 84 valence electrons. The van der Waals surface area contributed by atoms with Gasteiger partial charge in [-0.25, -0.2) is 4.79 Å². The molecule has 0 saturated carbocycles. The molecule has 3 amide bonds. The third kappa shape index (κ3) is 2.11. The number of nitrogens with one attached hydrogen (secondary N) is 1. The summed E-state index contributed by atoms with van der Waals surface area (Å²) in [6, 6.07) is -0.350. The quantitative estimate of drug-likeness (QED) is 0.418. The minimum Gasteiger partial charge on any atom is -0.500 e. The highest BCUT2D eigenvalue weighted by Crippen LogP contribution is 2.20. The van der Waals surface area contributed by atoms with Gasteiger partial charge in [0.15, 0.2) is 0 Å². The van der Waals surface area contributed by atoms with E-state index in [1.54, 1.807) is 6.92 Å². The van der Waals surface area contributed by atoms with Gasteiger partial charge in [0.1, 0.15) is 12.1 Å². The zero-order valence-corrected chi connectivity index (χ0v) is 9.08. The monoisotopic (exact) mass is 212 g/mol. The highest BCUT2D eigenvalue weighted by atomic mass is 16.5. The molecule has 1 rings (SSSR count). The minimum absolute atomic E-state index is 0.192. The molecular formula is C10H16N2O3. The summed E-state index contributed by atoms with van der Waals surface area (Å²) in [5, 5.41) is 2.66. The Morgan fingerprint density at radius 2 is 2.27 bits per heavy atom. The number of hydrogen-bond donors (Lipinski definition) is 1. The SMILES string of the molecule is C=COCCN1C(=O)NC(C)(CC)C1=O. The zero-order chi connectivity index (χ0) is 11.5. The molecule has 1 saturated heterocycles. The van der Waals surface area contributed by atoms with Gasteiger partial charge < -0.3 is 10.1 Å². The van der Waals surface area contributed by atoms with Crippen molar-refractivity contribution in [2.75, 3.05) is 13.2 Å². The van der Waals surface area contributed by atoms with Gasteiger partial charge in [0.05, 0.1) is 12.8 Å². The second-order valence-corrected chi connectivity index (χ2v) is 3.61. The number of carbonyl (C=O) groups excluding carboxylic acids is 2. The first-order valence-electron chi connectivity index (χ1n) is 4.91. The summed E-state index contributed by atoms with van der Waals surface area (Å²) in [7, 11) is 0. The molecule has 0 spiro atoms. The predicted octanol–water partition coefficient (Wildman–Crippen LogP) is 0.867. The zero-order valence-electron chi connectivity index (χ0n) is 9.08. The first kappa shape index (κ1) is 11.6. The molecule has 0 aliphatic carbocycles. The van der Waals surface area contributed by atoms with Crippen molar-refractivity contribution in [2.24, 2.45) is 0 Å². The molecule has 1 unspecified atom stereocenters. The van der Waals surface area contributed by atoms with Crippen LogP contribution in [0.5, 0.6) is 0 Å². The van der Waals surface area contributed by atoms with Crippen LogP contribution in [0.1, 0.15) is 20.3 Å². The largest absolute Gasteiger partial charge is 0.500 e. The fourth-order valence-corrected chi connectivity index (χ4v) is 1.42. The molecule has 0 aromatic rings. The second kappa shape index (κ2) is 4.33. The number of rotatable bonds is 5. The molecule has 1 atom stereocenters. The molecule has 5 nitrogen and oxygen atoms in total. The van der Waals surface area contributed by atoms with E-state index in [1.807, 2.05) is 6.92 Å². The average Bonchev–Trinajstić information content (AvgIpc) is 2.42. The van der Waals surface area contributed by atoms with Gasteiger partial charge in [-0.3, -0.25) is 9.69 Å². The molecule has 0 aromatic heterocycles. The number of nitrogens with zero attached hydrogens (tertiary/aromatic N) is 1.